The highest BCUT2D eigenvalue weighted by molar-refractivity contribution is 5.49. The van der Waals surface area contributed by atoms with Gasteiger partial charge < -0.3 is 14.4 Å². The van der Waals surface area contributed by atoms with Gasteiger partial charge in [0.25, 0.3) is 5.56 Å². The molecule has 1 fully saturated rings. The van der Waals surface area contributed by atoms with Crippen LogP contribution in [-0.4, -0.2) is 66.2 Å². The van der Waals surface area contributed by atoms with Crippen LogP contribution in [0.25, 0.3) is 5.69 Å². The minimum atomic E-state index is 0.0117. The standard InChI is InChI=1S/C25H33N5O3/c1-19-8-9-26-24(16-19)28-14-12-27(13-15-28)10-5-11-29-25(31)17-20(2)30(29)21-6-7-22(32-3)23(18-21)33-4/h6-9,16-18H,5,10-15H2,1-4H3. The van der Waals surface area contributed by atoms with E-state index in [1.54, 1.807) is 20.3 Å². The Morgan fingerprint density at radius 2 is 1.67 bits per heavy atom. The number of aromatic nitrogens is 3. The van der Waals surface area contributed by atoms with Gasteiger partial charge in [-0.1, -0.05) is 0 Å². The Bertz CT molecular complexity index is 1150. The molecule has 0 saturated carbocycles. The van der Waals surface area contributed by atoms with E-state index in [0.717, 1.165) is 56.3 Å². The van der Waals surface area contributed by atoms with Gasteiger partial charge in [0.05, 0.1) is 19.9 Å². The quantitative estimate of drug-likeness (QED) is 0.525. The van der Waals surface area contributed by atoms with Crippen LogP contribution >= 0.6 is 0 Å². The number of hydrogen-bond donors (Lipinski definition) is 0. The molecule has 0 radical (unpaired) electrons. The second-order valence-corrected chi connectivity index (χ2v) is 8.47. The van der Waals surface area contributed by atoms with Crippen molar-refractivity contribution < 1.29 is 9.47 Å². The van der Waals surface area contributed by atoms with E-state index in [1.807, 2.05) is 46.7 Å². The summed E-state index contributed by atoms with van der Waals surface area (Å²) >= 11 is 0. The highest BCUT2D eigenvalue weighted by atomic mass is 16.5. The van der Waals surface area contributed by atoms with Gasteiger partial charge in [0.15, 0.2) is 11.5 Å². The Kier molecular flexibility index (Phi) is 7.03. The van der Waals surface area contributed by atoms with Crippen LogP contribution in [0.15, 0.2) is 47.4 Å². The zero-order chi connectivity index (χ0) is 23.4. The van der Waals surface area contributed by atoms with Crippen molar-refractivity contribution in [3.63, 3.8) is 0 Å². The molecule has 0 atom stereocenters. The summed E-state index contributed by atoms with van der Waals surface area (Å²) in [4.78, 5) is 22.0. The first kappa shape index (κ1) is 22.9. The molecule has 0 amide bonds. The molecule has 0 N–H and O–H groups in total. The second kappa shape index (κ2) is 10.1. The monoisotopic (exact) mass is 451 g/mol. The van der Waals surface area contributed by atoms with Crippen molar-refractivity contribution in [2.24, 2.45) is 0 Å². The Labute approximate surface area is 194 Å². The van der Waals surface area contributed by atoms with Crippen molar-refractivity contribution in [1.29, 1.82) is 0 Å². The molecular weight excluding hydrogens is 418 g/mol. The minimum absolute atomic E-state index is 0.0117. The third-order valence-corrected chi connectivity index (χ3v) is 6.22. The van der Waals surface area contributed by atoms with Crippen LogP contribution in [0, 0.1) is 13.8 Å². The van der Waals surface area contributed by atoms with E-state index in [4.69, 9.17) is 9.47 Å². The molecule has 0 spiro atoms. The number of methoxy groups -OCH3 is 2. The largest absolute Gasteiger partial charge is 0.493 e. The summed E-state index contributed by atoms with van der Waals surface area (Å²) in [5, 5.41) is 0. The van der Waals surface area contributed by atoms with Gasteiger partial charge in [-0.25, -0.2) is 9.67 Å². The number of piperazine rings is 1. The van der Waals surface area contributed by atoms with E-state index in [1.165, 1.54) is 5.56 Å². The van der Waals surface area contributed by atoms with Crippen molar-refractivity contribution in [2.45, 2.75) is 26.8 Å². The van der Waals surface area contributed by atoms with Gasteiger partial charge >= 0.3 is 0 Å². The summed E-state index contributed by atoms with van der Waals surface area (Å²) < 4.78 is 14.6. The highest BCUT2D eigenvalue weighted by Gasteiger charge is 2.18. The number of pyridine rings is 1. The zero-order valence-electron chi connectivity index (χ0n) is 20.0. The third-order valence-electron chi connectivity index (χ3n) is 6.22. The van der Waals surface area contributed by atoms with E-state index in [-0.39, 0.29) is 5.56 Å². The minimum Gasteiger partial charge on any atom is -0.493 e. The van der Waals surface area contributed by atoms with Gasteiger partial charge in [-0.15, -0.1) is 0 Å². The molecule has 3 heterocycles. The molecule has 0 unspecified atom stereocenters. The van der Waals surface area contributed by atoms with Gasteiger partial charge in [0.2, 0.25) is 0 Å². The number of hydrogen-bond acceptors (Lipinski definition) is 6. The Hall–Kier alpha value is -3.26. The van der Waals surface area contributed by atoms with Crippen molar-refractivity contribution >= 4 is 5.82 Å². The fourth-order valence-corrected chi connectivity index (χ4v) is 4.45. The number of anilines is 1. The van der Waals surface area contributed by atoms with Gasteiger partial charge in [0.1, 0.15) is 5.82 Å². The Balaban J connectivity index is 1.39. The van der Waals surface area contributed by atoms with Gasteiger partial charge in [0, 0.05) is 63.3 Å². The lowest BCUT2D eigenvalue weighted by Crippen LogP contribution is -2.47. The van der Waals surface area contributed by atoms with Gasteiger partial charge in [-0.3, -0.25) is 14.4 Å². The predicted octanol–water partition coefficient (Wildman–Crippen LogP) is 2.88. The van der Waals surface area contributed by atoms with Crippen molar-refractivity contribution in [2.75, 3.05) is 51.8 Å². The van der Waals surface area contributed by atoms with Crippen LogP contribution in [0.4, 0.5) is 5.82 Å². The van der Waals surface area contributed by atoms with Crippen LogP contribution in [0.1, 0.15) is 17.7 Å². The van der Waals surface area contributed by atoms with E-state index in [2.05, 4.69) is 27.8 Å². The van der Waals surface area contributed by atoms with Crippen LogP contribution in [0.2, 0.25) is 0 Å². The summed E-state index contributed by atoms with van der Waals surface area (Å²) in [7, 11) is 3.23. The maximum Gasteiger partial charge on any atom is 0.267 e. The average Bonchev–Trinajstić information content (AvgIpc) is 3.11. The number of benzene rings is 1. The summed E-state index contributed by atoms with van der Waals surface area (Å²) in [6, 6.07) is 11.6. The molecule has 0 bridgehead atoms. The molecule has 8 nitrogen and oxygen atoms in total. The first-order valence-electron chi connectivity index (χ1n) is 11.4. The van der Waals surface area contributed by atoms with Crippen molar-refractivity contribution in [3.05, 3.63) is 64.2 Å². The maximum atomic E-state index is 12.7. The number of aryl methyl sites for hydroxylation is 2. The number of nitrogens with zero attached hydrogens (tertiary/aromatic N) is 5. The molecule has 3 aromatic rings. The molecule has 1 aromatic carbocycles. The van der Waals surface area contributed by atoms with Crippen LogP contribution in [-0.2, 0) is 6.54 Å². The molecule has 1 aliphatic rings. The Morgan fingerprint density at radius 3 is 2.36 bits per heavy atom. The lowest BCUT2D eigenvalue weighted by molar-refractivity contribution is 0.247. The van der Waals surface area contributed by atoms with Gasteiger partial charge in [-0.05, 0) is 50.1 Å². The SMILES string of the molecule is COc1ccc(-n2c(C)cc(=O)n2CCCN2CCN(c3cc(C)ccn3)CC2)cc1OC. The maximum absolute atomic E-state index is 12.7. The summed E-state index contributed by atoms with van der Waals surface area (Å²) in [5.41, 5.74) is 3.02. The van der Waals surface area contributed by atoms with Crippen LogP contribution in [0.5, 0.6) is 11.5 Å². The van der Waals surface area contributed by atoms with E-state index in [0.29, 0.717) is 18.0 Å². The average molecular weight is 452 g/mol. The van der Waals surface area contributed by atoms with Crippen LogP contribution in [0.3, 0.4) is 0 Å². The smallest absolute Gasteiger partial charge is 0.267 e. The summed E-state index contributed by atoms with van der Waals surface area (Å²) in [6.45, 7) is 9.60. The fourth-order valence-electron chi connectivity index (χ4n) is 4.45. The third kappa shape index (κ3) is 5.06. The topological polar surface area (TPSA) is 64.8 Å². The van der Waals surface area contributed by atoms with E-state index >= 15 is 0 Å². The first-order chi connectivity index (χ1) is 16.0. The Morgan fingerprint density at radius 1 is 0.909 bits per heavy atom. The van der Waals surface area contributed by atoms with Crippen LogP contribution < -0.4 is 19.9 Å². The normalized spacial score (nSPS) is 14.5. The summed E-state index contributed by atoms with van der Waals surface area (Å²) in [6.07, 6.45) is 2.78. The number of rotatable bonds is 8. The van der Waals surface area contributed by atoms with Crippen molar-refractivity contribution in [1.82, 2.24) is 19.2 Å². The fraction of sp³-hybridized carbons (Fsp3) is 0.440. The van der Waals surface area contributed by atoms with Crippen molar-refractivity contribution in [3.8, 4) is 17.2 Å². The molecular formula is C25H33N5O3. The van der Waals surface area contributed by atoms with Gasteiger partial charge in [-0.2, -0.15) is 0 Å². The molecule has 1 aliphatic heterocycles. The predicted molar refractivity (Wildman–Crippen MR) is 130 cm³/mol. The van der Waals surface area contributed by atoms with E-state index < -0.39 is 0 Å². The molecule has 2 aromatic heterocycles. The molecule has 1 saturated heterocycles. The van der Waals surface area contributed by atoms with E-state index in [9.17, 15) is 4.79 Å². The zero-order valence-corrected chi connectivity index (χ0v) is 20.0. The summed E-state index contributed by atoms with van der Waals surface area (Å²) in [5.74, 6) is 2.37. The molecule has 0 aliphatic carbocycles. The molecule has 4 rings (SSSR count). The first-order valence-corrected chi connectivity index (χ1v) is 11.4. The lowest BCUT2D eigenvalue weighted by atomic mass is 10.2. The molecule has 33 heavy (non-hydrogen) atoms. The lowest BCUT2D eigenvalue weighted by Gasteiger charge is -2.35. The number of ether oxygens (including phenoxy) is 2. The second-order valence-electron chi connectivity index (χ2n) is 8.47. The molecule has 176 valence electrons. The highest BCUT2D eigenvalue weighted by Crippen LogP contribution is 2.29. The molecule has 8 heteroatoms.